The molecule has 0 unspecified atom stereocenters. The quantitative estimate of drug-likeness (QED) is 0.545. The molecule has 0 fully saturated rings. The van der Waals surface area contributed by atoms with E-state index in [9.17, 15) is 9.50 Å². The molecule has 0 amide bonds. The number of hydrogen-bond donors (Lipinski definition) is 1. The average molecular weight is 285 g/mol. The van der Waals surface area contributed by atoms with E-state index in [0.717, 1.165) is 21.7 Å². The van der Waals surface area contributed by atoms with Crippen molar-refractivity contribution in [2.75, 3.05) is 0 Å². The molecule has 4 aromatic rings. The molecule has 20 heavy (non-hydrogen) atoms. The molecule has 4 nitrogen and oxygen atoms in total. The first-order valence-corrected chi connectivity index (χ1v) is 6.76. The molecule has 0 saturated heterocycles. The highest BCUT2D eigenvalue weighted by Crippen LogP contribution is 2.29. The van der Waals surface area contributed by atoms with E-state index in [0.29, 0.717) is 4.83 Å². The number of halogens is 1. The Morgan fingerprint density at radius 3 is 2.90 bits per heavy atom. The molecule has 0 aliphatic carbocycles. The van der Waals surface area contributed by atoms with E-state index in [1.807, 2.05) is 16.7 Å². The van der Waals surface area contributed by atoms with Gasteiger partial charge in [-0.2, -0.15) is 4.39 Å². The van der Waals surface area contributed by atoms with E-state index in [-0.39, 0.29) is 5.75 Å². The van der Waals surface area contributed by atoms with Crippen molar-refractivity contribution in [2.24, 2.45) is 0 Å². The fraction of sp³-hybridized carbons (Fsp3) is 0. The minimum absolute atomic E-state index is 0.201. The number of nitrogens with zero attached hydrogens (tertiary/aromatic N) is 3. The Morgan fingerprint density at radius 1 is 1.15 bits per heavy atom. The van der Waals surface area contributed by atoms with Crippen LogP contribution in [0.3, 0.4) is 0 Å². The van der Waals surface area contributed by atoms with E-state index in [1.165, 1.54) is 17.4 Å². The number of benzene rings is 1. The van der Waals surface area contributed by atoms with E-state index in [2.05, 4.69) is 9.97 Å². The second-order valence-corrected chi connectivity index (χ2v) is 5.35. The molecular formula is C14H8FN3OS. The highest BCUT2D eigenvalue weighted by molar-refractivity contribution is 7.23. The Morgan fingerprint density at radius 2 is 2.05 bits per heavy atom. The van der Waals surface area contributed by atoms with Crippen LogP contribution in [0.25, 0.3) is 26.6 Å². The van der Waals surface area contributed by atoms with E-state index in [4.69, 9.17) is 0 Å². The lowest BCUT2D eigenvalue weighted by Gasteiger charge is -1.96. The zero-order chi connectivity index (χ0) is 13.7. The normalized spacial score (nSPS) is 11.4. The minimum atomic E-state index is -0.491. The molecule has 0 bridgehead atoms. The molecular weight excluding hydrogens is 277 g/mol. The number of hydrogen-bond acceptors (Lipinski definition) is 4. The van der Waals surface area contributed by atoms with Crippen LogP contribution in [-0.4, -0.2) is 19.5 Å². The van der Waals surface area contributed by atoms with Gasteiger partial charge in [-0.15, -0.1) is 0 Å². The van der Waals surface area contributed by atoms with Crippen molar-refractivity contribution >= 4 is 26.6 Å². The van der Waals surface area contributed by atoms with Crippen molar-refractivity contribution in [3.63, 3.8) is 0 Å². The first-order valence-electron chi connectivity index (χ1n) is 5.94. The van der Waals surface area contributed by atoms with Crippen molar-refractivity contribution in [1.82, 2.24) is 14.4 Å². The molecule has 4 rings (SSSR count). The van der Waals surface area contributed by atoms with Crippen LogP contribution in [0.15, 0.2) is 42.6 Å². The Balaban J connectivity index is 1.95. The van der Waals surface area contributed by atoms with Crippen molar-refractivity contribution in [3.05, 3.63) is 48.5 Å². The summed E-state index contributed by atoms with van der Waals surface area (Å²) in [6.45, 7) is 0. The molecule has 0 spiro atoms. The second kappa shape index (κ2) is 4.01. The van der Waals surface area contributed by atoms with Gasteiger partial charge in [0, 0.05) is 11.8 Å². The maximum Gasteiger partial charge on any atom is 0.214 e. The first kappa shape index (κ1) is 11.4. The maximum atomic E-state index is 13.1. The second-order valence-electron chi connectivity index (χ2n) is 4.39. The maximum absolute atomic E-state index is 13.1. The molecule has 0 atom stereocenters. The monoisotopic (exact) mass is 285 g/mol. The predicted molar refractivity (Wildman–Crippen MR) is 75.4 cm³/mol. The number of rotatable bonds is 1. The van der Waals surface area contributed by atoms with Gasteiger partial charge in [0.05, 0.1) is 11.2 Å². The van der Waals surface area contributed by atoms with E-state index >= 15 is 0 Å². The molecule has 3 heterocycles. The average Bonchev–Trinajstić information content (AvgIpc) is 2.95. The molecule has 0 aliphatic rings. The van der Waals surface area contributed by atoms with Crippen LogP contribution in [0.1, 0.15) is 0 Å². The van der Waals surface area contributed by atoms with Gasteiger partial charge in [0.2, 0.25) is 5.95 Å². The van der Waals surface area contributed by atoms with Gasteiger partial charge in [0.1, 0.15) is 10.6 Å². The molecule has 0 saturated carbocycles. The van der Waals surface area contributed by atoms with Gasteiger partial charge in [0.15, 0.2) is 4.96 Å². The van der Waals surface area contributed by atoms with Crippen LogP contribution < -0.4 is 0 Å². The third-order valence-electron chi connectivity index (χ3n) is 3.07. The Hall–Kier alpha value is -2.47. The topological polar surface area (TPSA) is 50.4 Å². The zero-order valence-corrected chi connectivity index (χ0v) is 10.9. The van der Waals surface area contributed by atoms with Gasteiger partial charge in [-0.05, 0) is 24.3 Å². The van der Waals surface area contributed by atoms with E-state index in [1.54, 1.807) is 24.3 Å². The SMILES string of the molecule is Oc1cccc(-c2cn3c(n2)sc2nc(F)ccc23)c1. The summed E-state index contributed by atoms with van der Waals surface area (Å²) in [5.41, 5.74) is 2.42. The summed E-state index contributed by atoms with van der Waals surface area (Å²) in [4.78, 5) is 9.72. The van der Waals surface area contributed by atoms with Crippen molar-refractivity contribution in [1.29, 1.82) is 0 Å². The number of phenols is 1. The molecule has 6 heteroatoms. The number of imidazole rings is 1. The fourth-order valence-electron chi connectivity index (χ4n) is 2.17. The lowest BCUT2D eigenvalue weighted by atomic mass is 10.1. The lowest BCUT2D eigenvalue weighted by Crippen LogP contribution is -1.82. The molecule has 0 radical (unpaired) electrons. The largest absolute Gasteiger partial charge is 0.508 e. The molecule has 98 valence electrons. The summed E-state index contributed by atoms with van der Waals surface area (Å²) >= 11 is 1.33. The first-order chi connectivity index (χ1) is 9.70. The van der Waals surface area contributed by atoms with Crippen LogP contribution in [-0.2, 0) is 0 Å². The number of aromatic nitrogens is 3. The van der Waals surface area contributed by atoms with Gasteiger partial charge in [-0.3, -0.25) is 4.40 Å². The zero-order valence-electron chi connectivity index (χ0n) is 10.1. The standard InChI is InChI=1S/C14H8FN3OS/c15-12-5-4-11-13(17-12)20-14-16-10(7-18(11)14)8-2-1-3-9(19)6-8/h1-7,19H. The summed E-state index contributed by atoms with van der Waals surface area (Å²) in [7, 11) is 0. The van der Waals surface area contributed by atoms with E-state index < -0.39 is 5.95 Å². The summed E-state index contributed by atoms with van der Waals surface area (Å²) in [5.74, 6) is -0.289. The highest BCUT2D eigenvalue weighted by atomic mass is 32.1. The van der Waals surface area contributed by atoms with Crippen LogP contribution in [0, 0.1) is 5.95 Å². The summed E-state index contributed by atoms with van der Waals surface area (Å²) in [6, 6.07) is 9.95. The van der Waals surface area contributed by atoms with Gasteiger partial charge >= 0.3 is 0 Å². The Labute approximate surface area is 116 Å². The van der Waals surface area contributed by atoms with Crippen molar-refractivity contribution < 1.29 is 9.50 Å². The number of aromatic hydroxyl groups is 1. The summed E-state index contributed by atoms with van der Waals surface area (Å²) < 4.78 is 15.0. The number of phenolic OH excluding ortho intramolecular Hbond substituents is 1. The minimum Gasteiger partial charge on any atom is -0.508 e. The van der Waals surface area contributed by atoms with Crippen LogP contribution >= 0.6 is 11.3 Å². The van der Waals surface area contributed by atoms with Gasteiger partial charge in [-0.1, -0.05) is 23.5 Å². The number of pyridine rings is 1. The Kier molecular flexibility index (Phi) is 2.28. The third kappa shape index (κ3) is 1.65. The lowest BCUT2D eigenvalue weighted by molar-refractivity contribution is 0.475. The number of fused-ring (bicyclic) bond motifs is 3. The molecule has 1 aromatic carbocycles. The Bertz CT molecular complexity index is 944. The third-order valence-corrected chi connectivity index (χ3v) is 4.03. The van der Waals surface area contributed by atoms with Crippen LogP contribution in [0.2, 0.25) is 0 Å². The van der Waals surface area contributed by atoms with Gasteiger partial charge in [0.25, 0.3) is 0 Å². The smallest absolute Gasteiger partial charge is 0.214 e. The fourth-order valence-corrected chi connectivity index (χ4v) is 3.14. The molecule has 0 aliphatic heterocycles. The van der Waals surface area contributed by atoms with Gasteiger partial charge in [-0.25, -0.2) is 9.97 Å². The van der Waals surface area contributed by atoms with Crippen molar-refractivity contribution in [3.8, 4) is 17.0 Å². The summed E-state index contributed by atoms with van der Waals surface area (Å²) in [5, 5.41) is 9.52. The molecule has 3 aromatic heterocycles. The number of thiazole rings is 1. The highest BCUT2D eigenvalue weighted by Gasteiger charge is 2.11. The van der Waals surface area contributed by atoms with Crippen molar-refractivity contribution in [2.45, 2.75) is 0 Å². The predicted octanol–water partition coefficient (Wildman–Crippen LogP) is 3.46. The van der Waals surface area contributed by atoms with Crippen LogP contribution in [0.5, 0.6) is 5.75 Å². The molecule has 1 N–H and O–H groups in total. The van der Waals surface area contributed by atoms with Gasteiger partial charge < -0.3 is 5.11 Å². The summed E-state index contributed by atoms with van der Waals surface area (Å²) in [6.07, 6.45) is 1.86. The van der Waals surface area contributed by atoms with Crippen LogP contribution in [0.4, 0.5) is 4.39 Å².